The van der Waals surface area contributed by atoms with Gasteiger partial charge >= 0.3 is 0 Å². The molecule has 0 saturated heterocycles. The van der Waals surface area contributed by atoms with E-state index in [-0.39, 0.29) is 18.6 Å². The van der Waals surface area contributed by atoms with Crippen LogP contribution in [0, 0.1) is 0 Å². The summed E-state index contributed by atoms with van der Waals surface area (Å²) in [5.41, 5.74) is 1.63. The van der Waals surface area contributed by atoms with E-state index >= 15 is 0 Å². The molecule has 2 aromatic carbocycles. The van der Waals surface area contributed by atoms with Crippen LogP contribution < -0.4 is 15.4 Å². The lowest BCUT2D eigenvalue weighted by Crippen LogP contribution is -2.29. The van der Waals surface area contributed by atoms with Crippen LogP contribution in [0.15, 0.2) is 42.5 Å². The number of benzene rings is 2. The first-order valence-corrected chi connectivity index (χ1v) is 8.41. The van der Waals surface area contributed by atoms with Crippen molar-refractivity contribution in [3.63, 3.8) is 0 Å². The van der Waals surface area contributed by atoms with Crippen molar-refractivity contribution >= 4 is 34.8 Å². The third-order valence-electron chi connectivity index (χ3n) is 3.18. The summed E-state index contributed by atoms with van der Waals surface area (Å²) >= 11 is 12.0. The number of amides is 1. The lowest BCUT2D eigenvalue weighted by atomic mass is 10.2. The van der Waals surface area contributed by atoms with Crippen molar-refractivity contribution in [1.82, 2.24) is 5.32 Å². The number of halogens is 2. The quantitative estimate of drug-likeness (QED) is 0.757. The average Bonchev–Trinajstić information content (AvgIpc) is 2.55. The van der Waals surface area contributed by atoms with Gasteiger partial charge in [-0.25, -0.2) is 0 Å². The molecular formula is C18H20Cl2N2O2. The molecule has 2 aromatic rings. The monoisotopic (exact) mass is 366 g/mol. The first-order chi connectivity index (χ1) is 11.5. The van der Waals surface area contributed by atoms with Crippen LogP contribution in [0.3, 0.4) is 0 Å². The maximum absolute atomic E-state index is 11.9. The van der Waals surface area contributed by atoms with Gasteiger partial charge in [0, 0.05) is 6.54 Å². The van der Waals surface area contributed by atoms with E-state index < -0.39 is 0 Å². The van der Waals surface area contributed by atoms with Gasteiger partial charge in [-0.3, -0.25) is 4.79 Å². The molecular weight excluding hydrogens is 347 g/mol. The second-order valence-electron chi connectivity index (χ2n) is 5.54. The van der Waals surface area contributed by atoms with Crippen molar-refractivity contribution in [1.29, 1.82) is 0 Å². The molecule has 0 aliphatic rings. The highest BCUT2D eigenvalue weighted by molar-refractivity contribution is 6.43. The van der Waals surface area contributed by atoms with E-state index in [1.807, 2.05) is 38.1 Å². The van der Waals surface area contributed by atoms with E-state index in [9.17, 15) is 4.79 Å². The van der Waals surface area contributed by atoms with Crippen molar-refractivity contribution in [3.05, 3.63) is 58.1 Å². The summed E-state index contributed by atoms with van der Waals surface area (Å²) in [4.78, 5) is 11.9. The molecule has 0 bridgehead atoms. The Morgan fingerprint density at radius 2 is 1.83 bits per heavy atom. The number of nitrogens with one attached hydrogen (secondary N) is 2. The molecule has 0 fully saturated rings. The summed E-state index contributed by atoms with van der Waals surface area (Å²) in [5.74, 6) is 0.686. The third kappa shape index (κ3) is 5.62. The number of hydrogen-bond donors (Lipinski definition) is 2. The summed E-state index contributed by atoms with van der Waals surface area (Å²) in [7, 11) is 0. The molecule has 0 aromatic heterocycles. The van der Waals surface area contributed by atoms with Crippen molar-refractivity contribution < 1.29 is 9.53 Å². The molecule has 4 nitrogen and oxygen atoms in total. The molecule has 0 heterocycles. The van der Waals surface area contributed by atoms with Crippen molar-refractivity contribution in [2.24, 2.45) is 0 Å². The van der Waals surface area contributed by atoms with Crippen LogP contribution in [-0.2, 0) is 11.3 Å². The van der Waals surface area contributed by atoms with E-state index in [0.717, 1.165) is 11.3 Å². The van der Waals surface area contributed by atoms with Gasteiger partial charge in [-0.2, -0.15) is 0 Å². The standard InChI is InChI=1S/C18H20Cl2N2O2/c1-12(2)24-14-8-6-13(7-9-14)10-22-17(23)11-21-16-5-3-4-15(19)18(16)20/h3-9,12,21H,10-11H2,1-2H3,(H,22,23). The number of rotatable bonds is 7. The second kappa shape index (κ2) is 8.81. The molecule has 0 aliphatic heterocycles. The Balaban J connectivity index is 1.79. The van der Waals surface area contributed by atoms with Crippen LogP contribution in [0.4, 0.5) is 5.69 Å². The Morgan fingerprint density at radius 1 is 1.12 bits per heavy atom. The molecule has 24 heavy (non-hydrogen) atoms. The van der Waals surface area contributed by atoms with Crippen molar-refractivity contribution in [2.75, 3.05) is 11.9 Å². The van der Waals surface area contributed by atoms with Gasteiger partial charge in [-0.15, -0.1) is 0 Å². The van der Waals surface area contributed by atoms with Gasteiger partial charge in [0.1, 0.15) is 5.75 Å². The normalized spacial score (nSPS) is 10.5. The first-order valence-electron chi connectivity index (χ1n) is 7.66. The molecule has 0 aliphatic carbocycles. The van der Waals surface area contributed by atoms with Crippen LogP contribution in [0.2, 0.25) is 10.0 Å². The maximum Gasteiger partial charge on any atom is 0.239 e. The predicted octanol–water partition coefficient (Wildman–Crippen LogP) is 4.51. The molecule has 0 spiro atoms. The minimum atomic E-state index is -0.131. The number of ether oxygens (including phenoxy) is 1. The van der Waals surface area contributed by atoms with Crippen molar-refractivity contribution in [2.45, 2.75) is 26.5 Å². The molecule has 0 atom stereocenters. The molecule has 0 radical (unpaired) electrons. The first kappa shape index (κ1) is 18.4. The van der Waals surface area contributed by atoms with E-state index in [4.69, 9.17) is 27.9 Å². The van der Waals surface area contributed by atoms with Gasteiger partial charge in [0.15, 0.2) is 0 Å². The summed E-state index contributed by atoms with van der Waals surface area (Å²) < 4.78 is 5.58. The SMILES string of the molecule is CC(C)Oc1ccc(CNC(=O)CNc2cccc(Cl)c2Cl)cc1. The van der Waals surface area contributed by atoms with Gasteiger partial charge < -0.3 is 15.4 Å². The van der Waals surface area contributed by atoms with E-state index in [1.165, 1.54) is 0 Å². The molecule has 0 saturated carbocycles. The Morgan fingerprint density at radius 3 is 2.50 bits per heavy atom. The highest BCUT2D eigenvalue weighted by Gasteiger charge is 2.06. The molecule has 0 unspecified atom stereocenters. The summed E-state index contributed by atoms with van der Waals surface area (Å²) in [6, 6.07) is 12.9. The fraction of sp³-hybridized carbons (Fsp3) is 0.278. The fourth-order valence-electron chi connectivity index (χ4n) is 2.04. The third-order valence-corrected chi connectivity index (χ3v) is 3.99. The van der Waals surface area contributed by atoms with Crippen LogP contribution in [0.5, 0.6) is 5.75 Å². The zero-order valence-electron chi connectivity index (χ0n) is 13.6. The number of carbonyl (C=O) groups excluding carboxylic acids is 1. The Hall–Kier alpha value is -1.91. The van der Waals surface area contributed by atoms with E-state index in [2.05, 4.69) is 10.6 Å². The van der Waals surface area contributed by atoms with Gasteiger partial charge in [0.25, 0.3) is 0 Å². The summed E-state index contributed by atoms with van der Waals surface area (Å²) in [6.07, 6.45) is 0.139. The second-order valence-corrected chi connectivity index (χ2v) is 6.33. The summed E-state index contributed by atoms with van der Waals surface area (Å²) in [5, 5.41) is 6.68. The zero-order chi connectivity index (χ0) is 17.5. The Bertz CT molecular complexity index is 688. The molecule has 1 amide bonds. The highest BCUT2D eigenvalue weighted by atomic mass is 35.5. The van der Waals surface area contributed by atoms with Gasteiger partial charge in [0.2, 0.25) is 5.91 Å². The topological polar surface area (TPSA) is 50.4 Å². The molecule has 2 rings (SSSR count). The highest BCUT2D eigenvalue weighted by Crippen LogP contribution is 2.29. The minimum Gasteiger partial charge on any atom is -0.491 e. The molecule has 2 N–H and O–H groups in total. The lowest BCUT2D eigenvalue weighted by molar-refractivity contribution is -0.119. The predicted molar refractivity (Wildman–Crippen MR) is 99.0 cm³/mol. The van der Waals surface area contributed by atoms with Crippen molar-refractivity contribution in [3.8, 4) is 5.75 Å². The molecule has 128 valence electrons. The van der Waals surface area contributed by atoms with E-state index in [1.54, 1.807) is 18.2 Å². The number of anilines is 1. The van der Waals surface area contributed by atoms with E-state index in [0.29, 0.717) is 22.3 Å². The van der Waals surface area contributed by atoms with Gasteiger partial charge in [-0.05, 0) is 43.7 Å². The Kier molecular flexibility index (Phi) is 6.76. The fourth-order valence-corrected chi connectivity index (χ4v) is 2.40. The zero-order valence-corrected chi connectivity index (χ0v) is 15.1. The van der Waals surface area contributed by atoms with Crippen LogP contribution in [0.1, 0.15) is 19.4 Å². The number of hydrogen-bond acceptors (Lipinski definition) is 3. The summed E-state index contributed by atoms with van der Waals surface area (Å²) in [6.45, 7) is 4.53. The van der Waals surface area contributed by atoms with Crippen LogP contribution in [-0.4, -0.2) is 18.6 Å². The lowest BCUT2D eigenvalue weighted by Gasteiger charge is -2.11. The largest absolute Gasteiger partial charge is 0.491 e. The van der Waals surface area contributed by atoms with Gasteiger partial charge in [0.05, 0.1) is 28.4 Å². The number of carbonyl (C=O) groups is 1. The minimum absolute atomic E-state index is 0.120. The Labute approximate surface area is 152 Å². The van der Waals surface area contributed by atoms with Gasteiger partial charge in [-0.1, -0.05) is 41.4 Å². The smallest absolute Gasteiger partial charge is 0.239 e. The average molecular weight is 367 g/mol. The van der Waals surface area contributed by atoms with Crippen LogP contribution in [0.25, 0.3) is 0 Å². The maximum atomic E-state index is 11.9. The molecule has 6 heteroatoms. The van der Waals surface area contributed by atoms with Crippen LogP contribution >= 0.6 is 23.2 Å².